The number of carbonyl (C=O) groups is 1. The lowest BCUT2D eigenvalue weighted by molar-refractivity contribution is -0.122. The van der Waals surface area contributed by atoms with Gasteiger partial charge in [-0.15, -0.1) is 11.3 Å². The summed E-state index contributed by atoms with van der Waals surface area (Å²) >= 11 is 1.66. The topological polar surface area (TPSA) is 54.7 Å². The summed E-state index contributed by atoms with van der Waals surface area (Å²) in [5.74, 6) is 1.00. The zero-order valence-corrected chi connectivity index (χ0v) is 15.6. The van der Waals surface area contributed by atoms with Gasteiger partial charge in [0, 0.05) is 11.4 Å². The molecule has 0 radical (unpaired) electrons. The molecule has 3 rings (SSSR count). The van der Waals surface area contributed by atoms with Crippen LogP contribution in [0.2, 0.25) is 0 Å². The largest absolute Gasteiger partial charge is 0.492 e. The van der Waals surface area contributed by atoms with E-state index in [2.05, 4.69) is 5.32 Å². The summed E-state index contributed by atoms with van der Waals surface area (Å²) < 4.78 is 23.7. The van der Waals surface area contributed by atoms with Gasteiger partial charge >= 0.3 is 0 Å². The smallest absolute Gasteiger partial charge is 0.234 e. The number of carbonyl (C=O) groups excluding carboxylic acids is 1. The van der Waals surface area contributed by atoms with Crippen LogP contribution in [-0.4, -0.2) is 30.5 Å². The molecule has 1 N–H and O–H groups in total. The molecule has 0 fully saturated rings. The predicted octanol–water partition coefficient (Wildman–Crippen LogP) is 3.68. The van der Waals surface area contributed by atoms with E-state index in [1.54, 1.807) is 29.7 Å². The fourth-order valence-corrected chi connectivity index (χ4v) is 3.31. The molecule has 0 aliphatic carbocycles. The van der Waals surface area contributed by atoms with Gasteiger partial charge in [0.25, 0.3) is 0 Å². The van der Waals surface area contributed by atoms with Gasteiger partial charge in [-0.3, -0.25) is 9.69 Å². The van der Waals surface area contributed by atoms with Crippen LogP contribution in [0.15, 0.2) is 64.6 Å². The molecule has 0 unspecified atom stereocenters. The zero-order chi connectivity index (χ0) is 18.9. The lowest BCUT2D eigenvalue weighted by Crippen LogP contribution is -2.38. The number of hydrogen-bond acceptors (Lipinski definition) is 5. The summed E-state index contributed by atoms with van der Waals surface area (Å²) in [6.07, 6.45) is 1.63. The number of benzene rings is 1. The second-order valence-electron chi connectivity index (χ2n) is 5.96. The third kappa shape index (κ3) is 6.54. The highest BCUT2D eigenvalue weighted by atomic mass is 32.1. The van der Waals surface area contributed by atoms with Gasteiger partial charge in [0.15, 0.2) is 0 Å². The lowest BCUT2D eigenvalue weighted by atomic mass is 10.3. The van der Waals surface area contributed by atoms with E-state index >= 15 is 0 Å². The van der Waals surface area contributed by atoms with Crippen LogP contribution in [0.4, 0.5) is 4.39 Å². The van der Waals surface area contributed by atoms with Gasteiger partial charge in [-0.05, 0) is 47.8 Å². The predicted molar refractivity (Wildman–Crippen MR) is 102 cm³/mol. The van der Waals surface area contributed by atoms with E-state index in [-0.39, 0.29) is 18.3 Å². The quantitative estimate of drug-likeness (QED) is 0.539. The summed E-state index contributed by atoms with van der Waals surface area (Å²) in [5, 5.41) is 4.87. The van der Waals surface area contributed by atoms with Crippen molar-refractivity contribution in [1.82, 2.24) is 10.2 Å². The molecule has 0 saturated heterocycles. The van der Waals surface area contributed by atoms with Crippen LogP contribution in [0.5, 0.6) is 5.75 Å². The van der Waals surface area contributed by atoms with E-state index in [0.29, 0.717) is 32.0 Å². The highest BCUT2D eigenvalue weighted by molar-refractivity contribution is 7.09. The third-order valence-corrected chi connectivity index (χ3v) is 4.65. The van der Waals surface area contributed by atoms with E-state index in [1.807, 2.05) is 34.5 Å². The second-order valence-corrected chi connectivity index (χ2v) is 6.99. The lowest BCUT2D eigenvalue weighted by Gasteiger charge is -2.20. The fraction of sp³-hybridized carbons (Fsp3) is 0.250. The molecule has 0 aliphatic rings. The van der Waals surface area contributed by atoms with Crippen molar-refractivity contribution in [3.05, 3.63) is 76.6 Å². The van der Waals surface area contributed by atoms with Gasteiger partial charge in [0.1, 0.15) is 23.9 Å². The average molecular weight is 388 g/mol. The van der Waals surface area contributed by atoms with E-state index in [1.165, 1.54) is 17.0 Å². The van der Waals surface area contributed by atoms with Crippen molar-refractivity contribution in [3.8, 4) is 5.75 Å². The molecule has 0 saturated carbocycles. The Balaban J connectivity index is 1.44. The average Bonchev–Trinajstić information content (AvgIpc) is 3.34. The van der Waals surface area contributed by atoms with Gasteiger partial charge in [-0.1, -0.05) is 6.07 Å². The number of furan rings is 1. The molecular weight excluding hydrogens is 367 g/mol. The van der Waals surface area contributed by atoms with Crippen LogP contribution in [0.1, 0.15) is 10.6 Å². The Morgan fingerprint density at radius 1 is 1.15 bits per heavy atom. The second kappa shape index (κ2) is 9.89. The number of amides is 1. The third-order valence-electron chi connectivity index (χ3n) is 3.79. The molecule has 0 spiro atoms. The first kappa shape index (κ1) is 19.1. The normalized spacial score (nSPS) is 10.9. The maximum absolute atomic E-state index is 12.9. The van der Waals surface area contributed by atoms with Gasteiger partial charge < -0.3 is 14.5 Å². The highest BCUT2D eigenvalue weighted by Crippen LogP contribution is 2.14. The number of halogens is 1. The van der Waals surface area contributed by atoms with Crippen LogP contribution in [-0.2, 0) is 17.9 Å². The van der Waals surface area contributed by atoms with Crippen LogP contribution >= 0.6 is 11.3 Å². The molecule has 0 bridgehead atoms. The highest BCUT2D eigenvalue weighted by Gasteiger charge is 2.14. The van der Waals surface area contributed by atoms with Crippen molar-refractivity contribution in [3.63, 3.8) is 0 Å². The number of nitrogens with one attached hydrogen (secondary N) is 1. The first-order valence-electron chi connectivity index (χ1n) is 8.61. The molecule has 27 heavy (non-hydrogen) atoms. The van der Waals surface area contributed by atoms with Crippen molar-refractivity contribution in [1.29, 1.82) is 0 Å². The first-order chi connectivity index (χ1) is 13.2. The van der Waals surface area contributed by atoms with Crippen molar-refractivity contribution in [2.45, 2.75) is 13.1 Å². The monoisotopic (exact) mass is 388 g/mol. The summed E-state index contributed by atoms with van der Waals surface area (Å²) in [4.78, 5) is 15.5. The number of nitrogens with zero attached hydrogens (tertiary/aromatic N) is 1. The van der Waals surface area contributed by atoms with E-state index < -0.39 is 0 Å². The molecule has 2 aromatic heterocycles. The molecular formula is C20H21FN2O3S. The molecule has 5 nitrogen and oxygen atoms in total. The summed E-state index contributed by atoms with van der Waals surface area (Å²) in [6.45, 7) is 2.20. The minimum Gasteiger partial charge on any atom is -0.492 e. The van der Waals surface area contributed by atoms with Gasteiger partial charge in [-0.25, -0.2) is 4.39 Å². The maximum atomic E-state index is 12.9. The van der Waals surface area contributed by atoms with Crippen molar-refractivity contribution >= 4 is 17.2 Å². The Bertz CT molecular complexity index is 768. The molecule has 7 heteroatoms. The number of thiophene rings is 1. The maximum Gasteiger partial charge on any atom is 0.234 e. The number of ether oxygens (including phenoxy) is 1. The van der Waals surface area contributed by atoms with Crippen LogP contribution in [0, 0.1) is 5.82 Å². The van der Waals surface area contributed by atoms with E-state index in [4.69, 9.17) is 9.15 Å². The minimum atomic E-state index is -0.307. The Morgan fingerprint density at radius 3 is 2.70 bits per heavy atom. The van der Waals surface area contributed by atoms with Gasteiger partial charge in [0.05, 0.1) is 25.9 Å². The number of rotatable bonds is 10. The first-order valence-corrected chi connectivity index (χ1v) is 9.49. The summed E-state index contributed by atoms with van der Waals surface area (Å²) in [7, 11) is 0. The van der Waals surface area contributed by atoms with Crippen molar-refractivity contribution in [2.24, 2.45) is 0 Å². The Hall–Kier alpha value is -2.64. The molecule has 2 heterocycles. The summed E-state index contributed by atoms with van der Waals surface area (Å²) in [5.41, 5.74) is 0. The summed E-state index contributed by atoms with van der Waals surface area (Å²) in [6, 6.07) is 13.6. The molecule has 0 atom stereocenters. The SMILES string of the molecule is O=C(CN(Cc1ccco1)Cc1cccs1)NCCOc1ccc(F)cc1. The van der Waals surface area contributed by atoms with Crippen LogP contribution < -0.4 is 10.1 Å². The van der Waals surface area contributed by atoms with Crippen molar-refractivity contribution in [2.75, 3.05) is 19.7 Å². The van der Waals surface area contributed by atoms with Crippen LogP contribution in [0.25, 0.3) is 0 Å². The molecule has 3 aromatic rings. The zero-order valence-electron chi connectivity index (χ0n) is 14.8. The minimum absolute atomic E-state index is 0.0826. The van der Waals surface area contributed by atoms with E-state index in [0.717, 1.165) is 5.76 Å². The molecule has 1 amide bonds. The molecule has 0 aliphatic heterocycles. The van der Waals surface area contributed by atoms with Crippen LogP contribution in [0.3, 0.4) is 0 Å². The van der Waals surface area contributed by atoms with E-state index in [9.17, 15) is 9.18 Å². The standard InChI is InChI=1S/C20H21FN2O3S/c21-16-5-7-17(8-6-16)26-11-9-22-20(24)15-23(13-18-3-1-10-25-18)14-19-4-2-12-27-19/h1-8,10,12H,9,11,13-15H2,(H,22,24). The Morgan fingerprint density at radius 2 is 2.00 bits per heavy atom. The Kier molecular flexibility index (Phi) is 7.01. The van der Waals surface area contributed by atoms with Gasteiger partial charge in [-0.2, -0.15) is 0 Å². The van der Waals surface area contributed by atoms with Gasteiger partial charge in [0.2, 0.25) is 5.91 Å². The number of hydrogen-bond donors (Lipinski definition) is 1. The molecule has 142 valence electrons. The van der Waals surface area contributed by atoms with Crippen molar-refractivity contribution < 1.29 is 18.3 Å². The Labute approximate surface area is 161 Å². The molecule has 1 aromatic carbocycles. The fourth-order valence-electron chi connectivity index (χ4n) is 2.56.